The zero-order valence-corrected chi connectivity index (χ0v) is 14.3. The first-order valence-electron chi connectivity index (χ1n) is 8.15. The van der Waals surface area contributed by atoms with Crippen molar-refractivity contribution >= 4 is 15.7 Å². The average molecular weight is 341 g/mol. The first-order chi connectivity index (χ1) is 10.9. The summed E-state index contributed by atoms with van der Waals surface area (Å²) in [5, 5.41) is 0. The first-order valence-corrected chi connectivity index (χ1v) is 9.98. The summed E-state index contributed by atoms with van der Waals surface area (Å²) in [5.41, 5.74) is 1.06. The molecule has 1 fully saturated rings. The molecule has 1 unspecified atom stereocenters. The third-order valence-corrected chi connectivity index (χ3v) is 6.08. The molecule has 1 heterocycles. The number of rotatable bonds is 7. The van der Waals surface area contributed by atoms with E-state index in [0.717, 1.165) is 24.8 Å². The number of carbonyl (C=O) groups excluding carboxylic acids is 1. The Morgan fingerprint density at radius 3 is 2.52 bits per heavy atom. The summed E-state index contributed by atoms with van der Waals surface area (Å²) in [6.45, 7) is 2.44. The third-order valence-electron chi connectivity index (χ3n) is 4.33. The van der Waals surface area contributed by atoms with Crippen molar-refractivity contribution in [2.24, 2.45) is 0 Å². The van der Waals surface area contributed by atoms with Gasteiger partial charge >= 0.3 is 0 Å². The molecule has 128 valence electrons. The van der Waals surface area contributed by atoms with E-state index in [1.54, 1.807) is 17.0 Å². The maximum absolute atomic E-state index is 12.8. The average Bonchev–Trinajstić information content (AvgIpc) is 2.86. The fraction of sp³-hybridized carbons (Fsp3) is 0.588. The van der Waals surface area contributed by atoms with E-state index in [0.29, 0.717) is 19.4 Å². The second-order valence-electron chi connectivity index (χ2n) is 6.07. The van der Waals surface area contributed by atoms with E-state index in [9.17, 15) is 17.6 Å². The molecule has 6 heteroatoms. The second-order valence-corrected chi connectivity index (χ2v) is 8.30. The van der Waals surface area contributed by atoms with Crippen molar-refractivity contribution in [1.29, 1.82) is 0 Å². The van der Waals surface area contributed by atoms with E-state index in [2.05, 4.69) is 0 Å². The Labute approximate surface area is 137 Å². The number of hydrogen-bond donors (Lipinski definition) is 0. The molecular formula is C17H24FNO3S. The Morgan fingerprint density at radius 1 is 1.26 bits per heavy atom. The monoisotopic (exact) mass is 341 g/mol. The van der Waals surface area contributed by atoms with Crippen LogP contribution in [-0.2, 0) is 21.1 Å². The van der Waals surface area contributed by atoms with Crippen molar-refractivity contribution in [2.45, 2.75) is 45.1 Å². The number of hydrogen-bond acceptors (Lipinski definition) is 3. The maximum Gasteiger partial charge on any atom is 0.222 e. The minimum atomic E-state index is -2.97. The molecular weight excluding hydrogens is 317 g/mol. The van der Waals surface area contributed by atoms with E-state index in [-0.39, 0.29) is 29.3 Å². The van der Waals surface area contributed by atoms with Crippen LogP contribution in [0.25, 0.3) is 0 Å². The maximum atomic E-state index is 12.8. The summed E-state index contributed by atoms with van der Waals surface area (Å²) >= 11 is 0. The van der Waals surface area contributed by atoms with Gasteiger partial charge in [-0.2, -0.15) is 0 Å². The van der Waals surface area contributed by atoms with Gasteiger partial charge in [-0.05, 0) is 50.3 Å². The summed E-state index contributed by atoms with van der Waals surface area (Å²) in [6.07, 6.45) is 3.42. The Bertz CT molecular complexity index is 628. The molecule has 1 saturated heterocycles. The Morgan fingerprint density at radius 2 is 1.96 bits per heavy atom. The minimum absolute atomic E-state index is 0.0358. The lowest BCUT2D eigenvalue weighted by Crippen LogP contribution is -2.40. The molecule has 2 rings (SSSR count). The van der Waals surface area contributed by atoms with Crippen LogP contribution < -0.4 is 0 Å². The topological polar surface area (TPSA) is 54.5 Å². The largest absolute Gasteiger partial charge is 0.339 e. The standard InChI is InChI=1S/C17H24FNO3S/c1-2-19(16-11-12-23(21,22)13-16)17(20)6-4-3-5-14-7-9-15(18)10-8-14/h7-10,16H,2-6,11-13H2,1H3. The van der Waals surface area contributed by atoms with E-state index in [1.165, 1.54) is 12.1 Å². The van der Waals surface area contributed by atoms with Crippen LogP contribution in [-0.4, -0.2) is 43.3 Å². The Kier molecular flexibility index (Phi) is 6.16. The summed E-state index contributed by atoms with van der Waals surface area (Å²) < 4.78 is 35.9. The van der Waals surface area contributed by atoms with Crippen molar-refractivity contribution in [3.8, 4) is 0 Å². The van der Waals surface area contributed by atoms with Gasteiger partial charge < -0.3 is 4.90 Å². The fourth-order valence-electron chi connectivity index (χ4n) is 3.06. The molecule has 0 aromatic heterocycles. The highest BCUT2D eigenvalue weighted by molar-refractivity contribution is 7.91. The van der Waals surface area contributed by atoms with E-state index in [4.69, 9.17) is 0 Å². The summed E-state index contributed by atoms with van der Waals surface area (Å²) in [5.74, 6) is 0.0801. The Hall–Kier alpha value is -1.43. The second kappa shape index (κ2) is 7.90. The van der Waals surface area contributed by atoms with Crippen molar-refractivity contribution in [3.63, 3.8) is 0 Å². The van der Waals surface area contributed by atoms with Gasteiger partial charge in [0, 0.05) is 19.0 Å². The number of nitrogens with zero attached hydrogens (tertiary/aromatic N) is 1. The molecule has 1 aromatic carbocycles. The molecule has 23 heavy (non-hydrogen) atoms. The molecule has 0 bridgehead atoms. The normalized spacial score (nSPS) is 19.7. The highest BCUT2D eigenvalue weighted by Crippen LogP contribution is 2.19. The lowest BCUT2D eigenvalue weighted by atomic mass is 10.1. The molecule has 1 aliphatic rings. The van der Waals surface area contributed by atoms with Crippen molar-refractivity contribution < 1.29 is 17.6 Å². The number of halogens is 1. The molecule has 0 spiro atoms. The number of sulfone groups is 1. The van der Waals surface area contributed by atoms with Gasteiger partial charge in [0.15, 0.2) is 9.84 Å². The summed E-state index contributed by atoms with van der Waals surface area (Å²) in [7, 11) is -2.97. The molecule has 1 atom stereocenters. The van der Waals surface area contributed by atoms with E-state index < -0.39 is 9.84 Å². The Balaban J connectivity index is 1.75. The van der Waals surface area contributed by atoms with Gasteiger partial charge in [0.05, 0.1) is 11.5 Å². The van der Waals surface area contributed by atoms with Crippen LogP contribution in [0.5, 0.6) is 0 Å². The smallest absolute Gasteiger partial charge is 0.222 e. The number of carbonyl (C=O) groups is 1. The number of unbranched alkanes of at least 4 members (excludes halogenated alkanes) is 1. The van der Waals surface area contributed by atoms with Crippen LogP contribution >= 0.6 is 0 Å². The highest BCUT2D eigenvalue weighted by Gasteiger charge is 2.33. The number of aryl methyl sites for hydroxylation is 1. The van der Waals surface area contributed by atoms with Gasteiger partial charge in [-0.3, -0.25) is 4.79 Å². The zero-order chi connectivity index (χ0) is 16.9. The minimum Gasteiger partial charge on any atom is -0.339 e. The van der Waals surface area contributed by atoms with Gasteiger partial charge in [-0.1, -0.05) is 12.1 Å². The van der Waals surface area contributed by atoms with E-state index >= 15 is 0 Å². The van der Waals surface area contributed by atoms with Crippen LogP contribution in [0.1, 0.15) is 38.2 Å². The summed E-state index contributed by atoms with van der Waals surface area (Å²) in [6, 6.07) is 6.26. The zero-order valence-electron chi connectivity index (χ0n) is 13.5. The predicted octanol–water partition coefficient (Wildman–Crippen LogP) is 2.57. The van der Waals surface area contributed by atoms with Crippen molar-refractivity contribution in [2.75, 3.05) is 18.1 Å². The lowest BCUT2D eigenvalue weighted by molar-refractivity contribution is -0.132. The van der Waals surface area contributed by atoms with Crippen LogP contribution in [0.4, 0.5) is 4.39 Å². The van der Waals surface area contributed by atoms with Crippen LogP contribution in [0.2, 0.25) is 0 Å². The highest BCUT2D eigenvalue weighted by atomic mass is 32.2. The molecule has 0 N–H and O–H groups in total. The van der Waals surface area contributed by atoms with E-state index in [1.807, 2.05) is 6.92 Å². The van der Waals surface area contributed by atoms with Gasteiger partial charge in [0.25, 0.3) is 0 Å². The van der Waals surface area contributed by atoms with Gasteiger partial charge in [-0.25, -0.2) is 12.8 Å². The molecule has 1 amide bonds. The summed E-state index contributed by atoms with van der Waals surface area (Å²) in [4.78, 5) is 14.0. The van der Waals surface area contributed by atoms with Crippen LogP contribution in [0.3, 0.4) is 0 Å². The van der Waals surface area contributed by atoms with Crippen LogP contribution in [0.15, 0.2) is 24.3 Å². The number of benzene rings is 1. The lowest BCUT2D eigenvalue weighted by Gasteiger charge is -2.27. The number of amides is 1. The van der Waals surface area contributed by atoms with Crippen molar-refractivity contribution in [3.05, 3.63) is 35.6 Å². The van der Waals surface area contributed by atoms with Gasteiger partial charge in [0.1, 0.15) is 5.82 Å². The molecule has 1 aliphatic heterocycles. The van der Waals surface area contributed by atoms with Crippen molar-refractivity contribution in [1.82, 2.24) is 4.90 Å². The third kappa shape index (κ3) is 5.30. The molecule has 4 nitrogen and oxygen atoms in total. The van der Waals surface area contributed by atoms with Gasteiger partial charge in [-0.15, -0.1) is 0 Å². The molecule has 1 aromatic rings. The molecule has 0 saturated carbocycles. The van der Waals surface area contributed by atoms with Crippen LogP contribution in [0, 0.1) is 5.82 Å². The van der Waals surface area contributed by atoms with Gasteiger partial charge in [0.2, 0.25) is 5.91 Å². The molecule has 0 radical (unpaired) electrons. The first kappa shape index (κ1) is 17.9. The molecule has 0 aliphatic carbocycles. The quantitative estimate of drug-likeness (QED) is 0.716. The predicted molar refractivity (Wildman–Crippen MR) is 88.4 cm³/mol. The fourth-order valence-corrected chi connectivity index (χ4v) is 4.79. The SMILES string of the molecule is CCN(C(=O)CCCCc1ccc(F)cc1)C1CCS(=O)(=O)C1.